The molecule has 0 spiro atoms. The van der Waals surface area contributed by atoms with E-state index in [2.05, 4.69) is 179 Å². The molecule has 0 N–H and O–H groups in total. The fraction of sp³-hybridized carbons (Fsp3) is 0.167. The molecule has 0 fully saturated rings. The van der Waals surface area contributed by atoms with E-state index in [-0.39, 0.29) is 0 Å². The van der Waals surface area contributed by atoms with Gasteiger partial charge >= 0.3 is 0 Å². The Balaban J connectivity index is 1.81. The first-order chi connectivity index (χ1) is 18.7. The Kier molecular flexibility index (Phi) is 8.73. The summed E-state index contributed by atoms with van der Waals surface area (Å²) in [6.45, 7) is 4.06. The first kappa shape index (κ1) is 27.5. The third-order valence-electron chi connectivity index (χ3n) is 6.87. The monoisotopic (exact) mass is 513 g/mol. The first-order valence-corrected chi connectivity index (χ1v) is 13.2. The summed E-state index contributed by atoms with van der Waals surface area (Å²) in [6.07, 6.45) is 6.60. The lowest BCUT2D eigenvalue weighted by molar-refractivity contribution is 1.13. The minimum Gasteiger partial charge on any atom is -0.378 e. The second-order valence-corrected chi connectivity index (χ2v) is 10.4. The van der Waals surface area contributed by atoms with Crippen molar-refractivity contribution in [3.63, 3.8) is 0 Å². The van der Waals surface area contributed by atoms with Gasteiger partial charge in [0, 0.05) is 59.3 Å². The smallest absolute Gasteiger partial charge is 0.0361 e. The third kappa shape index (κ3) is 6.88. The van der Waals surface area contributed by atoms with E-state index in [9.17, 15) is 0 Å². The van der Waals surface area contributed by atoms with Crippen LogP contribution in [0.15, 0.2) is 115 Å². The predicted molar refractivity (Wildman–Crippen MR) is 172 cm³/mol. The lowest BCUT2D eigenvalue weighted by Gasteiger charge is -2.16. The molecule has 0 atom stereocenters. The van der Waals surface area contributed by atoms with Crippen molar-refractivity contribution in [1.29, 1.82) is 0 Å². The Morgan fingerprint density at radius 2 is 0.897 bits per heavy atom. The maximum absolute atomic E-state index is 4.06. The Morgan fingerprint density at radius 1 is 0.513 bits per heavy atom. The first-order valence-electron chi connectivity index (χ1n) is 13.2. The van der Waals surface area contributed by atoms with Gasteiger partial charge in [-0.2, -0.15) is 0 Å². The quantitative estimate of drug-likeness (QED) is 0.261. The normalized spacial score (nSPS) is 10.8. The maximum atomic E-state index is 4.06. The highest BCUT2D eigenvalue weighted by atomic mass is 15.1. The van der Waals surface area contributed by atoms with Gasteiger partial charge in [-0.25, -0.2) is 0 Å². The predicted octanol–water partition coefficient (Wildman–Crippen LogP) is 6.18. The van der Waals surface area contributed by atoms with Gasteiger partial charge in [0.1, 0.15) is 0 Å². The minimum absolute atomic E-state index is 1.01. The van der Waals surface area contributed by atoms with Gasteiger partial charge in [-0.3, -0.25) is 0 Å². The number of hydrogen-bond donors (Lipinski definition) is 0. The molecule has 0 aromatic heterocycles. The summed E-state index contributed by atoms with van der Waals surface area (Å²) in [5, 5.41) is 2.17. The van der Waals surface area contributed by atoms with Crippen LogP contribution >= 0.6 is 0 Å². The molecule has 0 bridgehead atoms. The van der Waals surface area contributed by atoms with E-state index in [1.165, 1.54) is 44.9 Å². The van der Waals surface area contributed by atoms with Crippen LogP contribution in [0.25, 0.3) is 17.7 Å². The van der Waals surface area contributed by atoms with E-state index < -0.39 is 0 Å². The van der Waals surface area contributed by atoms with Crippen LogP contribution in [0.3, 0.4) is 0 Å². The molecule has 4 aromatic rings. The summed E-state index contributed by atoms with van der Waals surface area (Å²) in [5.41, 5.74) is 9.43. The van der Waals surface area contributed by atoms with Crippen LogP contribution in [0.1, 0.15) is 16.7 Å². The molecule has 0 amide bonds. The summed E-state index contributed by atoms with van der Waals surface area (Å²) >= 11 is 0. The number of nitrogens with zero attached hydrogens (tertiary/aromatic N) is 3. The molecule has 4 rings (SSSR count). The second kappa shape index (κ2) is 12.4. The average Bonchev–Trinajstić information content (AvgIpc) is 2.94. The van der Waals surface area contributed by atoms with Gasteiger partial charge in [0.2, 0.25) is 0 Å². The molecule has 0 aliphatic heterocycles. The Hall–Kier alpha value is -4.50. The largest absolute Gasteiger partial charge is 0.378 e. The molecule has 3 heteroatoms. The van der Waals surface area contributed by atoms with Crippen LogP contribution in [-0.2, 0) is 0 Å². The summed E-state index contributed by atoms with van der Waals surface area (Å²) in [4.78, 5) is 6.37. The molecule has 4 aromatic carbocycles. The molecule has 0 saturated carbocycles. The van der Waals surface area contributed by atoms with Crippen molar-refractivity contribution >= 4 is 34.8 Å². The maximum Gasteiger partial charge on any atom is 0.0361 e. The molecule has 0 unspecified atom stereocenters. The lowest BCUT2D eigenvalue weighted by atomic mass is 9.96. The number of hydrogen-bond acceptors (Lipinski definition) is 3. The van der Waals surface area contributed by atoms with Gasteiger partial charge in [-0.05, 0) is 74.7 Å². The van der Waals surface area contributed by atoms with Crippen LogP contribution in [0.4, 0.5) is 17.1 Å². The van der Waals surface area contributed by atoms with Gasteiger partial charge in [-0.1, -0.05) is 85.5 Å². The third-order valence-corrected chi connectivity index (χ3v) is 6.87. The van der Waals surface area contributed by atoms with Crippen molar-refractivity contribution in [2.45, 2.75) is 0 Å². The van der Waals surface area contributed by atoms with Crippen molar-refractivity contribution < 1.29 is 0 Å². The molecule has 0 aliphatic rings. The van der Waals surface area contributed by atoms with Crippen LogP contribution in [0.2, 0.25) is 0 Å². The van der Waals surface area contributed by atoms with E-state index in [1.54, 1.807) is 0 Å². The number of rotatable bonds is 8. The second-order valence-electron chi connectivity index (χ2n) is 10.4. The summed E-state index contributed by atoms with van der Waals surface area (Å²) in [5.74, 6) is 0. The zero-order valence-corrected chi connectivity index (χ0v) is 24.0. The zero-order chi connectivity index (χ0) is 27.9. The zero-order valence-electron chi connectivity index (χ0n) is 24.0. The van der Waals surface area contributed by atoms with Crippen LogP contribution < -0.4 is 25.1 Å². The van der Waals surface area contributed by atoms with Gasteiger partial charge in [-0.15, -0.1) is 0 Å². The van der Waals surface area contributed by atoms with Crippen LogP contribution in [0.5, 0.6) is 0 Å². The van der Waals surface area contributed by atoms with E-state index >= 15 is 0 Å². The molecular formula is C36H39N3. The van der Waals surface area contributed by atoms with E-state index in [0.717, 1.165) is 10.4 Å². The Labute approximate surface area is 234 Å². The Morgan fingerprint density at radius 3 is 1.28 bits per heavy atom. The van der Waals surface area contributed by atoms with E-state index in [1.807, 2.05) is 0 Å². The molecule has 198 valence electrons. The topological polar surface area (TPSA) is 9.72 Å². The van der Waals surface area contributed by atoms with Crippen molar-refractivity contribution in [2.75, 3.05) is 57.0 Å². The van der Waals surface area contributed by atoms with E-state index in [0.29, 0.717) is 0 Å². The molecule has 3 nitrogen and oxygen atoms in total. The van der Waals surface area contributed by atoms with Crippen LogP contribution in [-0.4, -0.2) is 42.3 Å². The highest BCUT2D eigenvalue weighted by molar-refractivity contribution is 5.83. The fourth-order valence-corrected chi connectivity index (χ4v) is 4.46. The highest BCUT2D eigenvalue weighted by Gasteiger charge is 2.07. The summed E-state index contributed by atoms with van der Waals surface area (Å²) in [6, 6.07) is 34.6. The minimum atomic E-state index is 1.01. The standard InChI is InChI=1S/C36H39N3/c1-27-11-13-28(14-12-27)35(29-15-21-32(22-16-29)37(2)3)9-8-10-36(30-17-23-33(24-18-30)38(4)5)31-19-25-34(26-20-31)39(6)7/h8-26H,1H2,2-7H3/b9-8+. The SMILES string of the molecule is C=c1ccc(=C(/C=C/C=C(c2ccc(N(C)C)cc2)c2ccc(N(C)C)cc2)c2ccc(N(C)C)cc2)cc1. The highest BCUT2D eigenvalue weighted by Crippen LogP contribution is 2.28. The van der Waals surface area contributed by atoms with Crippen molar-refractivity contribution in [3.05, 3.63) is 142 Å². The summed E-state index contributed by atoms with van der Waals surface area (Å²) < 4.78 is 0. The van der Waals surface area contributed by atoms with E-state index in [4.69, 9.17) is 0 Å². The van der Waals surface area contributed by atoms with Crippen LogP contribution in [0, 0.1) is 0 Å². The van der Waals surface area contributed by atoms with Gasteiger partial charge in [0.05, 0.1) is 0 Å². The van der Waals surface area contributed by atoms with Crippen molar-refractivity contribution in [3.8, 4) is 0 Å². The van der Waals surface area contributed by atoms with Gasteiger partial charge in [0.15, 0.2) is 0 Å². The molecule has 0 saturated heterocycles. The van der Waals surface area contributed by atoms with Gasteiger partial charge in [0.25, 0.3) is 0 Å². The number of benzene rings is 4. The molecule has 0 radical (unpaired) electrons. The lowest BCUT2D eigenvalue weighted by Crippen LogP contribution is -2.10. The Bertz CT molecular complexity index is 1480. The number of anilines is 3. The molecular weight excluding hydrogens is 474 g/mol. The summed E-state index contributed by atoms with van der Waals surface area (Å²) in [7, 11) is 12.4. The molecule has 0 heterocycles. The van der Waals surface area contributed by atoms with Crippen molar-refractivity contribution in [2.24, 2.45) is 0 Å². The average molecular weight is 514 g/mol. The molecule has 0 aliphatic carbocycles. The van der Waals surface area contributed by atoms with Gasteiger partial charge < -0.3 is 14.7 Å². The van der Waals surface area contributed by atoms with Crippen molar-refractivity contribution in [1.82, 2.24) is 0 Å². The number of allylic oxidation sites excluding steroid dienone is 3. The fourth-order valence-electron chi connectivity index (χ4n) is 4.46. The molecule has 39 heavy (non-hydrogen) atoms.